The minimum atomic E-state index is -0.105. The van der Waals surface area contributed by atoms with E-state index in [4.69, 9.17) is 4.74 Å². The standard InChI is InChI=1S/C10H19N5O2/c1-6(2)7(5-16)12-9-13-8(11-3)14-10(15-9)17-4/h6-7,16H,5H2,1-4H3,(H2,11,12,13,14,15). The molecule has 17 heavy (non-hydrogen) atoms. The maximum absolute atomic E-state index is 9.23. The van der Waals surface area contributed by atoms with Crippen LogP contribution in [-0.2, 0) is 0 Å². The zero-order valence-electron chi connectivity index (χ0n) is 10.6. The fourth-order valence-electron chi connectivity index (χ4n) is 1.21. The van der Waals surface area contributed by atoms with Gasteiger partial charge in [0.1, 0.15) is 0 Å². The van der Waals surface area contributed by atoms with Crippen LogP contribution in [0.4, 0.5) is 11.9 Å². The lowest BCUT2D eigenvalue weighted by Gasteiger charge is -2.19. The van der Waals surface area contributed by atoms with Gasteiger partial charge in [0.05, 0.1) is 19.8 Å². The van der Waals surface area contributed by atoms with Crippen LogP contribution in [0.3, 0.4) is 0 Å². The highest BCUT2D eigenvalue weighted by Crippen LogP contribution is 2.13. The number of nitrogens with zero attached hydrogens (tertiary/aromatic N) is 3. The van der Waals surface area contributed by atoms with E-state index >= 15 is 0 Å². The third-order valence-electron chi connectivity index (χ3n) is 2.34. The highest BCUT2D eigenvalue weighted by Gasteiger charge is 2.14. The molecule has 1 aromatic heterocycles. The number of hydrogen-bond donors (Lipinski definition) is 3. The molecule has 0 fully saturated rings. The molecule has 0 saturated carbocycles. The molecule has 0 aliphatic heterocycles. The topological polar surface area (TPSA) is 92.2 Å². The SMILES string of the molecule is CNc1nc(NC(CO)C(C)C)nc(OC)n1. The summed E-state index contributed by atoms with van der Waals surface area (Å²) in [5, 5.41) is 15.1. The second-order valence-corrected chi connectivity index (χ2v) is 3.90. The second kappa shape index (κ2) is 6.19. The predicted molar refractivity (Wildman–Crippen MR) is 65.3 cm³/mol. The Morgan fingerprint density at radius 1 is 1.24 bits per heavy atom. The Labute approximate surface area is 101 Å². The van der Waals surface area contributed by atoms with E-state index in [-0.39, 0.29) is 24.6 Å². The van der Waals surface area contributed by atoms with Crippen LogP contribution in [-0.4, -0.2) is 46.9 Å². The first-order chi connectivity index (χ1) is 8.10. The van der Waals surface area contributed by atoms with Gasteiger partial charge in [-0.2, -0.15) is 15.0 Å². The zero-order chi connectivity index (χ0) is 12.8. The molecule has 1 heterocycles. The first-order valence-electron chi connectivity index (χ1n) is 5.46. The van der Waals surface area contributed by atoms with Crippen LogP contribution in [0.5, 0.6) is 6.01 Å². The molecule has 0 bridgehead atoms. The van der Waals surface area contributed by atoms with Gasteiger partial charge in [-0.15, -0.1) is 0 Å². The van der Waals surface area contributed by atoms with Crippen molar-refractivity contribution >= 4 is 11.9 Å². The summed E-state index contributed by atoms with van der Waals surface area (Å²) >= 11 is 0. The van der Waals surface area contributed by atoms with Gasteiger partial charge in [0.25, 0.3) is 0 Å². The minimum absolute atomic E-state index is 0.0144. The maximum Gasteiger partial charge on any atom is 0.322 e. The van der Waals surface area contributed by atoms with Crippen molar-refractivity contribution in [1.29, 1.82) is 0 Å². The summed E-state index contributed by atoms with van der Waals surface area (Å²) in [6.07, 6.45) is 0. The van der Waals surface area contributed by atoms with Gasteiger partial charge in [0.15, 0.2) is 0 Å². The quantitative estimate of drug-likeness (QED) is 0.661. The number of aliphatic hydroxyl groups is 1. The fraction of sp³-hybridized carbons (Fsp3) is 0.700. The summed E-state index contributed by atoms with van der Waals surface area (Å²) in [7, 11) is 3.20. The van der Waals surface area contributed by atoms with Crippen molar-refractivity contribution in [2.24, 2.45) is 5.92 Å². The van der Waals surface area contributed by atoms with Gasteiger partial charge >= 0.3 is 6.01 Å². The van der Waals surface area contributed by atoms with Crippen molar-refractivity contribution in [3.05, 3.63) is 0 Å². The van der Waals surface area contributed by atoms with Gasteiger partial charge in [-0.05, 0) is 5.92 Å². The molecule has 1 unspecified atom stereocenters. The van der Waals surface area contributed by atoms with Gasteiger partial charge in [0, 0.05) is 7.05 Å². The third kappa shape index (κ3) is 3.70. The summed E-state index contributed by atoms with van der Waals surface area (Å²) < 4.78 is 4.97. The molecule has 1 atom stereocenters. The van der Waals surface area contributed by atoms with E-state index in [9.17, 15) is 5.11 Å². The molecule has 7 nitrogen and oxygen atoms in total. The van der Waals surface area contributed by atoms with Gasteiger partial charge in [0.2, 0.25) is 11.9 Å². The Morgan fingerprint density at radius 3 is 2.35 bits per heavy atom. The smallest absolute Gasteiger partial charge is 0.322 e. The van der Waals surface area contributed by atoms with E-state index in [1.165, 1.54) is 7.11 Å². The van der Waals surface area contributed by atoms with E-state index in [2.05, 4.69) is 25.6 Å². The van der Waals surface area contributed by atoms with E-state index in [0.29, 0.717) is 11.9 Å². The van der Waals surface area contributed by atoms with Crippen LogP contribution in [0.1, 0.15) is 13.8 Å². The Morgan fingerprint density at radius 2 is 1.88 bits per heavy atom. The lowest BCUT2D eigenvalue weighted by Crippen LogP contribution is -2.30. The number of anilines is 2. The normalized spacial score (nSPS) is 12.4. The first kappa shape index (κ1) is 13.4. The molecule has 0 radical (unpaired) electrons. The summed E-state index contributed by atoms with van der Waals surface area (Å²) in [4.78, 5) is 12.2. The lowest BCUT2D eigenvalue weighted by molar-refractivity contribution is 0.248. The molecule has 0 aromatic carbocycles. The molecular weight excluding hydrogens is 222 g/mol. The fourth-order valence-corrected chi connectivity index (χ4v) is 1.21. The Bertz CT molecular complexity index is 336. The van der Waals surface area contributed by atoms with Crippen LogP contribution in [0.15, 0.2) is 0 Å². The third-order valence-corrected chi connectivity index (χ3v) is 2.34. The molecule has 1 aromatic rings. The van der Waals surface area contributed by atoms with Crippen LogP contribution < -0.4 is 15.4 Å². The minimum Gasteiger partial charge on any atom is -0.467 e. The molecule has 1 rings (SSSR count). The van der Waals surface area contributed by atoms with Crippen molar-refractivity contribution in [3.8, 4) is 6.01 Å². The second-order valence-electron chi connectivity index (χ2n) is 3.90. The van der Waals surface area contributed by atoms with E-state index in [1.807, 2.05) is 13.8 Å². The highest BCUT2D eigenvalue weighted by atomic mass is 16.5. The van der Waals surface area contributed by atoms with Crippen LogP contribution >= 0.6 is 0 Å². The number of aromatic nitrogens is 3. The molecule has 96 valence electrons. The van der Waals surface area contributed by atoms with Crippen LogP contribution in [0.2, 0.25) is 0 Å². The molecule has 7 heteroatoms. The lowest BCUT2D eigenvalue weighted by atomic mass is 10.1. The van der Waals surface area contributed by atoms with Gasteiger partial charge in [-0.3, -0.25) is 0 Å². The van der Waals surface area contributed by atoms with Gasteiger partial charge < -0.3 is 20.5 Å². The Balaban J connectivity index is 2.89. The van der Waals surface area contributed by atoms with Crippen molar-refractivity contribution in [3.63, 3.8) is 0 Å². The summed E-state index contributed by atoms with van der Waals surface area (Å²) in [6.45, 7) is 4.02. The molecule has 0 aliphatic rings. The van der Waals surface area contributed by atoms with Gasteiger partial charge in [-0.25, -0.2) is 0 Å². The van der Waals surface area contributed by atoms with Gasteiger partial charge in [-0.1, -0.05) is 13.8 Å². The Hall–Kier alpha value is -1.63. The number of aliphatic hydroxyl groups excluding tert-OH is 1. The highest BCUT2D eigenvalue weighted by molar-refractivity contribution is 5.36. The summed E-state index contributed by atoms with van der Waals surface area (Å²) in [5.74, 6) is 1.06. The number of hydrogen-bond acceptors (Lipinski definition) is 7. The van der Waals surface area contributed by atoms with Crippen molar-refractivity contribution in [2.75, 3.05) is 31.4 Å². The Kier molecular flexibility index (Phi) is 4.89. The first-order valence-corrected chi connectivity index (χ1v) is 5.46. The van der Waals surface area contributed by atoms with Crippen molar-refractivity contribution in [1.82, 2.24) is 15.0 Å². The van der Waals surface area contributed by atoms with Crippen molar-refractivity contribution in [2.45, 2.75) is 19.9 Å². The molecule has 0 spiro atoms. The summed E-state index contributed by atoms with van der Waals surface area (Å²) in [5.41, 5.74) is 0. The van der Waals surface area contributed by atoms with Crippen LogP contribution in [0.25, 0.3) is 0 Å². The van der Waals surface area contributed by atoms with Crippen molar-refractivity contribution < 1.29 is 9.84 Å². The monoisotopic (exact) mass is 241 g/mol. The summed E-state index contributed by atoms with van der Waals surface area (Å²) in [6, 6.07) is 0.124. The maximum atomic E-state index is 9.23. The zero-order valence-corrected chi connectivity index (χ0v) is 10.6. The average molecular weight is 241 g/mol. The average Bonchev–Trinajstić information content (AvgIpc) is 2.34. The predicted octanol–water partition coefficient (Wildman–Crippen LogP) is 0.351. The number of rotatable bonds is 6. The molecule has 0 saturated heterocycles. The van der Waals surface area contributed by atoms with E-state index < -0.39 is 0 Å². The molecule has 3 N–H and O–H groups in total. The van der Waals surface area contributed by atoms with E-state index in [0.717, 1.165) is 0 Å². The number of nitrogens with one attached hydrogen (secondary N) is 2. The molecule has 0 amide bonds. The van der Waals surface area contributed by atoms with E-state index in [1.54, 1.807) is 7.05 Å². The number of ether oxygens (including phenoxy) is 1. The van der Waals surface area contributed by atoms with Crippen LogP contribution in [0, 0.1) is 5.92 Å². The largest absolute Gasteiger partial charge is 0.467 e. The molecular formula is C10H19N5O2. The molecule has 0 aliphatic carbocycles. The number of methoxy groups -OCH3 is 1.